The van der Waals surface area contributed by atoms with Gasteiger partial charge in [-0.15, -0.1) is 0 Å². The van der Waals surface area contributed by atoms with Gasteiger partial charge in [0, 0.05) is 0 Å². The van der Waals surface area contributed by atoms with Crippen LogP contribution in [0.15, 0.2) is 0 Å². The van der Waals surface area contributed by atoms with Crippen LogP contribution in [0.3, 0.4) is 0 Å². The van der Waals surface area contributed by atoms with Gasteiger partial charge in [-0.2, -0.15) is 0 Å². The molecule has 0 spiro atoms. The zero-order valence-electron chi connectivity index (χ0n) is 3.92. The predicted octanol–water partition coefficient (Wildman–Crippen LogP) is -0.859. The fourth-order valence-corrected chi connectivity index (χ4v) is 0. The van der Waals surface area contributed by atoms with Crippen molar-refractivity contribution >= 4 is 27.3 Å². The van der Waals surface area contributed by atoms with Crippen LogP contribution in [0, 0.1) is 30.6 Å². The van der Waals surface area contributed by atoms with Crippen molar-refractivity contribution in [3.8, 4) is 0 Å². The smallest absolute Gasteiger partial charge is 0.356 e. The van der Waals surface area contributed by atoms with Crippen LogP contribution < -0.4 is 0 Å². The summed E-state index contributed by atoms with van der Waals surface area (Å²) < 4.78 is 0. The number of hydrogen-bond acceptors (Lipinski definition) is 6. The topological polar surface area (TPSA) is 132 Å². The number of hydrogen-bond donors (Lipinski definition) is 0. The molecule has 49 valence electrons. The molecule has 8 nitrogen and oxygen atoms in total. The molecule has 0 aliphatic rings. The average Bonchev–Trinajstić information content (AvgIpc) is 1.25. The molecule has 0 N–H and O–H groups in total. The zero-order chi connectivity index (χ0) is 7.15. The van der Waals surface area contributed by atoms with Crippen LogP contribution in [-0.2, 0) is 0 Å². The average molecular weight is 328 g/mol. The molecule has 0 unspecified atom stereocenters. The van der Waals surface area contributed by atoms with Gasteiger partial charge in [0.25, 0.3) is 0 Å². The molecule has 9 heavy (non-hydrogen) atoms. The number of nitrogens with zero attached hydrogens (tertiary/aromatic N) is 2. The molecular formula is N2O6Tl. The van der Waals surface area contributed by atoms with Crippen LogP contribution in [0.4, 0.5) is 0 Å². The second kappa shape index (κ2) is 10.3. The molecule has 0 atom stereocenters. The van der Waals surface area contributed by atoms with Crippen LogP contribution in [0.5, 0.6) is 0 Å². The maximum absolute atomic E-state index is 8.25. The van der Waals surface area contributed by atoms with Gasteiger partial charge in [0.2, 0.25) is 0 Å². The van der Waals surface area contributed by atoms with Gasteiger partial charge in [0.05, 0.1) is 10.2 Å². The van der Waals surface area contributed by atoms with Crippen LogP contribution in [0.25, 0.3) is 0 Å². The Kier molecular flexibility index (Phi) is 18.1. The first-order chi connectivity index (χ1) is 3.46. The van der Waals surface area contributed by atoms with E-state index in [1.54, 1.807) is 0 Å². The normalized spacial score (nSPS) is 5.33. The van der Waals surface area contributed by atoms with Gasteiger partial charge in [-0.3, -0.25) is 0 Å². The maximum Gasteiger partial charge on any atom is 2.00 e. The van der Waals surface area contributed by atoms with Crippen molar-refractivity contribution in [1.82, 2.24) is 0 Å². The van der Waals surface area contributed by atoms with E-state index < -0.39 is 10.2 Å². The van der Waals surface area contributed by atoms with Crippen molar-refractivity contribution in [2.24, 2.45) is 0 Å². The molecule has 0 aromatic rings. The summed E-state index contributed by atoms with van der Waals surface area (Å²) in [5.41, 5.74) is 0. The van der Waals surface area contributed by atoms with Gasteiger partial charge < -0.3 is 30.6 Å². The van der Waals surface area contributed by atoms with Crippen LogP contribution in [0.1, 0.15) is 0 Å². The zero-order valence-corrected chi connectivity index (χ0v) is 8.41. The van der Waals surface area contributed by atoms with E-state index in [9.17, 15) is 0 Å². The van der Waals surface area contributed by atoms with Gasteiger partial charge in [-0.25, -0.2) is 0 Å². The molecular weight excluding hydrogens is 328 g/mol. The van der Waals surface area contributed by atoms with Crippen molar-refractivity contribution in [2.75, 3.05) is 0 Å². The minimum atomic E-state index is -1.75. The maximum atomic E-state index is 8.25. The summed E-state index contributed by atoms with van der Waals surface area (Å²) in [6.07, 6.45) is 0. The first kappa shape index (κ1) is 15.8. The first-order valence-corrected chi connectivity index (χ1v) is 1.10. The van der Waals surface area contributed by atoms with Gasteiger partial charge in [-0.1, -0.05) is 0 Å². The molecule has 0 aromatic carbocycles. The molecule has 0 rings (SSSR count). The largest absolute Gasteiger partial charge is 2.00 e. The van der Waals surface area contributed by atoms with E-state index in [-0.39, 0.29) is 27.3 Å². The van der Waals surface area contributed by atoms with Crippen LogP contribution in [0.2, 0.25) is 0 Å². The van der Waals surface area contributed by atoms with E-state index in [1.165, 1.54) is 0 Å². The summed E-state index contributed by atoms with van der Waals surface area (Å²) in [4.78, 5) is 16.5. The van der Waals surface area contributed by atoms with E-state index in [1.807, 2.05) is 0 Å². The molecule has 0 bridgehead atoms. The minimum absolute atomic E-state index is 0. The molecule has 9 heteroatoms. The Morgan fingerprint density at radius 3 is 0.778 bits per heavy atom. The fraction of sp³-hybridized carbons (Fsp3) is 0. The van der Waals surface area contributed by atoms with Gasteiger partial charge in [0.1, 0.15) is 0 Å². The molecule has 0 aromatic heterocycles. The third-order valence-electron chi connectivity index (χ3n) is 0. The van der Waals surface area contributed by atoms with E-state index >= 15 is 0 Å². The molecule has 1 radical (unpaired) electrons. The predicted molar refractivity (Wildman–Crippen MR) is 26.5 cm³/mol. The summed E-state index contributed by atoms with van der Waals surface area (Å²) in [5.74, 6) is 0. The summed E-state index contributed by atoms with van der Waals surface area (Å²) in [6, 6.07) is 0. The van der Waals surface area contributed by atoms with Crippen molar-refractivity contribution < 1.29 is 10.2 Å². The minimum Gasteiger partial charge on any atom is -0.356 e. The van der Waals surface area contributed by atoms with E-state index in [0.29, 0.717) is 0 Å². The first-order valence-electron chi connectivity index (χ1n) is 1.10. The Morgan fingerprint density at radius 1 is 0.778 bits per heavy atom. The Morgan fingerprint density at radius 2 is 0.778 bits per heavy atom. The van der Waals surface area contributed by atoms with Crippen LogP contribution >= 0.6 is 0 Å². The van der Waals surface area contributed by atoms with Crippen LogP contribution in [-0.4, -0.2) is 37.5 Å². The Hall–Kier alpha value is -0.678. The molecule has 0 aliphatic heterocycles. The Bertz CT molecular complexity index is 69.1. The molecule has 0 heterocycles. The van der Waals surface area contributed by atoms with Crippen molar-refractivity contribution in [1.29, 1.82) is 0 Å². The summed E-state index contributed by atoms with van der Waals surface area (Å²) in [5, 5.41) is 29.5. The molecule has 0 fully saturated rings. The molecule has 0 amide bonds. The van der Waals surface area contributed by atoms with Crippen molar-refractivity contribution in [3.63, 3.8) is 0 Å². The fourth-order valence-electron chi connectivity index (χ4n) is 0. The quantitative estimate of drug-likeness (QED) is 0.323. The summed E-state index contributed by atoms with van der Waals surface area (Å²) in [7, 11) is 0. The van der Waals surface area contributed by atoms with Crippen molar-refractivity contribution in [2.45, 2.75) is 0 Å². The van der Waals surface area contributed by atoms with Crippen molar-refractivity contribution in [3.05, 3.63) is 30.6 Å². The third-order valence-corrected chi connectivity index (χ3v) is 0. The van der Waals surface area contributed by atoms with Gasteiger partial charge in [-0.05, 0) is 0 Å². The number of rotatable bonds is 0. The monoisotopic (exact) mass is 329 g/mol. The molecule has 0 saturated heterocycles. The van der Waals surface area contributed by atoms with E-state index in [4.69, 9.17) is 30.6 Å². The van der Waals surface area contributed by atoms with Gasteiger partial charge >= 0.3 is 27.3 Å². The van der Waals surface area contributed by atoms with Gasteiger partial charge in [0.15, 0.2) is 0 Å². The standard InChI is InChI=1S/2NO3.Tl/c2*2-1(3)4;/q2*-1;+2. The Balaban J connectivity index is -0.0000000720. The second-order valence-corrected chi connectivity index (χ2v) is 0.447. The van der Waals surface area contributed by atoms with E-state index in [0.717, 1.165) is 0 Å². The van der Waals surface area contributed by atoms with E-state index in [2.05, 4.69) is 0 Å². The summed E-state index contributed by atoms with van der Waals surface area (Å²) >= 11 is 0. The summed E-state index contributed by atoms with van der Waals surface area (Å²) in [6.45, 7) is 0. The molecule has 0 aliphatic carbocycles. The Labute approximate surface area is 68.5 Å². The SMILES string of the molecule is O=[N+]([O-])[O-].O=[N+]([O-])[O-].[Tl+2]. The third kappa shape index (κ3) is 451. The molecule has 0 saturated carbocycles. The second-order valence-electron chi connectivity index (χ2n) is 0.447.